The molecular formula is C23H18N2O4. The van der Waals surface area contributed by atoms with Gasteiger partial charge in [0, 0.05) is 30.3 Å². The van der Waals surface area contributed by atoms with Crippen molar-refractivity contribution in [3.63, 3.8) is 0 Å². The van der Waals surface area contributed by atoms with Gasteiger partial charge in [-0.05, 0) is 29.8 Å². The molecule has 1 aliphatic carbocycles. The van der Waals surface area contributed by atoms with Crippen molar-refractivity contribution >= 4 is 28.8 Å². The summed E-state index contributed by atoms with van der Waals surface area (Å²) in [7, 11) is 0. The zero-order valence-corrected chi connectivity index (χ0v) is 15.7. The van der Waals surface area contributed by atoms with E-state index < -0.39 is 0 Å². The van der Waals surface area contributed by atoms with E-state index in [9.17, 15) is 19.5 Å². The highest BCUT2D eigenvalue weighted by atomic mass is 16.3. The average Bonchev–Trinajstić information content (AvgIpc) is 2.72. The average molecular weight is 386 g/mol. The first-order valence-electron chi connectivity index (χ1n) is 9.10. The molecule has 0 fully saturated rings. The first-order chi connectivity index (χ1) is 14.0. The summed E-state index contributed by atoms with van der Waals surface area (Å²) in [6.07, 6.45) is 0. The minimum atomic E-state index is -0.373. The molecule has 3 N–H and O–H groups in total. The lowest BCUT2D eigenvalue weighted by Crippen LogP contribution is -2.22. The predicted octanol–water partition coefficient (Wildman–Crippen LogP) is 3.55. The summed E-state index contributed by atoms with van der Waals surface area (Å²) in [5.41, 5.74) is 2.88. The minimum absolute atomic E-state index is 0.0148. The Morgan fingerprint density at radius 2 is 1.48 bits per heavy atom. The van der Waals surface area contributed by atoms with Crippen LogP contribution in [0.3, 0.4) is 0 Å². The van der Waals surface area contributed by atoms with Crippen LogP contribution in [-0.2, 0) is 11.3 Å². The van der Waals surface area contributed by atoms with Gasteiger partial charge in [0.05, 0.1) is 16.8 Å². The number of carbonyl (C=O) groups is 3. The lowest BCUT2D eigenvalue weighted by atomic mass is 9.82. The molecule has 0 bridgehead atoms. The van der Waals surface area contributed by atoms with Gasteiger partial charge in [-0.15, -0.1) is 0 Å². The maximum Gasteiger partial charge on any atom is 0.217 e. The number of ketones is 2. The predicted molar refractivity (Wildman–Crippen MR) is 109 cm³/mol. The molecule has 0 saturated heterocycles. The van der Waals surface area contributed by atoms with Crippen LogP contribution >= 0.6 is 0 Å². The minimum Gasteiger partial charge on any atom is -0.507 e. The highest BCUT2D eigenvalue weighted by Gasteiger charge is 2.33. The van der Waals surface area contributed by atoms with Crippen molar-refractivity contribution in [2.45, 2.75) is 13.5 Å². The van der Waals surface area contributed by atoms with Crippen molar-refractivity contribution in [1.82, 2.24) is 5.32 Å². The summed E-state index contributed by atoms with van der Waals surface area (Å²) in [5.74, 6) is -1.01. The van der Waals surface area contributed by atoms with E-state index in [0.29, 0.717) is 29.0 Å². The molecule has 144 valence electrons. The summed E-state index contributed by atoms with van der Waals surface area (Å²) in [6, 6.07) is 16.9. The summed E-state index contributed by atoms with van der Waals surface area (Å²) in [5, 5.41) is 16.2. The topological polar surface area (TPSA) is 95.5 Å². The number of aromatic hydroxyl groups is 1. The van der Waals surface area contributed by atoms with E-state index >= 15 is 0 Å². The molecule has 3 aromatic rings. The number of phenolic OH excluding ortho intramolecular Hbond substituents is 1. The van der Waals surface area contributed by atoms with Gasteiger partial charge >= 0.3 is 0 Å². The molecule has 0 heterocycles. The van der Waals surface area contributed by atoms with E-state index in [1.54, 1.807) is 30.3 Å². The zero-order chi connectivity index (χ0) is 20.5. The van der Waals surface area contributed by atoms with Crippen molar-refractivity contribution in [2.75, 3.05) is 5.32 Å². The normalized spacial score (nSPS) is 12.2. The zero-order valence-electron chi connectivity index (χ0n) is 15.7. The third-order valence-corrected chi connectivity index (χ3v) is 4.83. The van der Waals surface area contributed by atoms with Crippen LogP contribution in [0.4, 0.5) is 11.4 Å². The Hall–Kier alpha value is -3.93. The number of fused-ring (bicyclic) bond motifs is 2. The highest BCUT2D eigenvalue weighted by molar-refractivity contribution is 6.31. The van der Waals surface area contributed by atoms with Gasteiger partial charge in [0.15, 0.2) is 11.6 Å². The molecule has 0 atom stereocenters. The molecule has 6 heteroatoms. The van der Waals surface area contributed by atoms with Crippen LogP contribution < -0.4 is 10.6 Å². The second-order valence-corrected chi connectivity index (χ2v) is 6.82. The van der Waals surface area contributed by atoms with Crippen molar-refractivity contribution in [1.29, 1.82) is 0 Å². The standard InChI is InChI=1S/C23H18N2O4/c1-13(26)24-12-14-6-8-15(9-7-14)25-18-10-11-19(27)21-20(18)22(28)16-4-2-3-5-17(16)23(21)29/h2-11,25,27H,12H2,1H3,(H,24,26). The second kappa shape index (κ2) is 7.24. The largest absolute Gasteiger partial charge is 0.507 e. The number of rotatable bonds is 4. The summed E-state index contributed by atoms with van der Waals surface area (Å²) in [4.78, 5) is 37.0. The highest BCUT2D eigenvalue weighted by Crippen LogP contribution is 2.37. The van der Waals surface area contributed by atoms with E-state index in [4.69, 9.17) is 0 Å². The lowest BCUT2D eigenvalue weighted by molar-refractivity contribution is -0.119. The fraction of sp³-hybridized carbons (Fsp3) is 0.0870. The smallest absolute Gasteiger partial charge is 0.217 e. The molecule has 0 unspecified atom stereocenters. The van der Waals surface area contributed by atoms with Crippen LogP contribution in [0, 0.1) is 0 Å². The van der Waals surface area contributed by atoms with Gasteiger partial charge in [0.25, 0.3) is 0 Å². The molecular weight excluding hydrogens is 368 g/mol. The number of amides is 1. The Labute approximate surface area is 167 Å². The molecule has 3 aromatic carbocycles. The maximum atomic E-state index is 13.1. The molecule has 0 aromatic heterocycles. The molecule has 29 heavy (non-hydrogen) atoms. The van der Waals surface area contributed by atoms with E-state index in [-0.39, 0.29) is 34.4 Å². The van der Waals surface area contributed by atoms with E-state index in [1.165, 1.54) is 13.0 Å². The number of benzene rings is 3. The van der Waals surface area contributed by atoms with Crippen LogP contribution in [0.15, 0.2) is 60.7 Å². The molecule has 0 aliphatic heterocycles. The second-order valence-electron chi connectivity index (χ2n) is 6.82. The number of anilines is 2. The van der Waals surface area contributed by atoms with E-state index in [0.717, 1.165) is 5.56 Å². The number of hydrogen-bond donors (Lipinski definition) is 3. The van der Waals surface area contributed by atoms with Gasteiger partial charge < -0.3 is 15.7 Å². The first-order valence-corrected chi connectivity index (χ1v) is 9.10. The maximum absolute atomic E-state index is 13.1. The Morgan fingerprint density at radius 1 is 0.862 bits per heavy atom. The molecule has 4 rings (SSSR count). The van der Waals surface area contributed by atoms with Crippen LogP contribution in [0.5, 0.6) is 5.75 Å². The van der Waals surface area contributed by atoms with Crippen LogP contribution in [-0.4, -0.2) is 22.6 Å². The molecule has 0 spiro atoms. The fourth-order valence-electron chi connectivity index (χ4n) is 3.40. The molecule has 1 amide bonds. The molecule has 0 saturated carbocycles. The Morgan fingerprint density at radius 3 is 2.10 bits per heavy atom. The number of hydrogen-bond acceptors (Lipinski definition) is 5. The summed E-state index contributed by atoms with van der Waals surface area (Å²) < 4.78 is 0. The third-order valence-electron chi connectivity index (χ3n) is 4.83. The number of nitrogens with one attached hydrogen (secondary N) is 2. The molecule has 1 aliphatic rings. The SMILES string of the molecule is CC(=O)NCc1ccc(Nc2ccc(O)c3c2C(=O)c2ccccc2C3=O)cc1. The van der Waals surface area contributed by atoms with Gasteiger partial charge in [0.2, 0.25) is 5.91 Å². The Balaban J connectivity index is 1.69. The van der Waals surface area contributed by atoms with Gasteiger partial charge in [-0.25, -0.2) is 0 Å². The van der Waals surface area contributed by atoms with Crippen molar-refractivity contribution in [2.24, 2.45) is 0 Å². The van der Waals surface area contributed by atoms with Crippen molar-refractivity contribution in [3.05, 3.63) is 88.5 Å². The van der Waals surface area contributed by atoms with Gasteiger partial charge in [0.1, 0.15) is 5.75 Å². The number of carbonyl (C=O) groups excluding carboxylic acids is 3. The fourth-order valence-corrected chi connectivity index (χ4v) is 3.40. The van der Waals surface area contributed by atoms with Crippen LogP contribution in [0.2, 0.25) is 0 Å². The van der Waals surface area contributed by atoms with Gasteiger partial charge in [-0.1, -0.05) is 36.4 Å². The Kier molecular flexibility index (Phi) is 4.60. The number of phenols is 1. The van der Waals surface area contributed by atoms with Gasteiger partial charge in [-0.3, -0.25) is 14.4 Å². The third kappa shape index (κ3) is 3.36. The van der Waals surface area contributed by atoms with Gasteiger partial charge in [-0.2, -0.15) is 0 Å². The van der Waals surface area contributed by atoms with Crippen molar-refractivity contribution in [3.8, 4) is 5.75 Å². The quantitative estimate of drug-likeness (QED) is 0.466. The monoisotopic (exact) mass is 386 g/mol. The van der Waals surface area contributed by atoms with Crippen LogP contribution in [0.1, 0.15) is 44.3 Å². The van der Waals surface area contributed by atoms with Crippen LogP contribution in [0.25, 0.3) is 0 Å². The van der Waals surface area contributed by atoms with Crippen molar-refractivity contribution < 1.29 is 19.5 Å². The lowest BCUT2D eigenvalue weighted by Gasteiger charge is -2.21. The first kappa shape index (κ1) is 18.4. The Bertz CT molecular complexity index is 1150. The van der Waals surface area contributed by atoms with E-state index in [1.807, 2.05) is 24.3 Å². The summed E-state index contributed by atoms with van der Waals surface area (Å²) >= 11 is 0. The molecule has 0 radical (unpaired) electrons. The summed E-state index contributed by atoms with van der Waals surface area (Å²) in [6.45, 7) is 1.88. The molecule has 6 nitrogen and oxygen atoms in total. The van der Waals surface area contributed by atoms with E-state index in [2.05, 4.69) is 10.6 Å².